The summed E-state index contributed by atoms with van der Waals surface area (Å²) >= 11 is 4.85. The molecule has 2 N–H and O–H groups in total. The number of likely N-dealkylation sites (N-methyl/N-ethyl adjacent to an activating group) is 1. The Kier molecular flexibility index (Phi) is 6.30. The summed E-state index contributed by atoms with van der Waals surface area (Å²) in [4.78, 5) is 2.88. The first kappa shape index (κ1) is 11.8. The van der Waals surface area contributed by atoms with E-state index in [9.17, 15) is 0 Å². The van der Waals surface area contributed by atoms with Crippen molar-refractivity contribution in [2.24, 2.45) is 11.7 Å². The minimum atomic E-state index is 0.598. The molecule has 3 heteroatoms. The van der Waals surface area contributed by atoms with Gasteiger partial charge in [-0.05, 0) is 25.4 Å². The average molecular weight is 188 g/mol. The van der Waals surface area contributed by atoms with E-state index in [0.717, 1.165) is 25.6 Å². The predicted molar refractivity (Wildman–Crippen MR) is 58.4 cm³/mol. The van der Waals surface area contributed by atoms with Crippen LogP contribution in [-0.4, -0.2) is 29.5 Å². The highest BCUT2D eigenvalue weighted by molar-refractivity contribution is 7.80. The Hall–Kier alpha value is -0.150. The number of hydrogen-bond donors (Lipinski definition) is 1. The number of rotatable bonds is 6. The van der Waals surface area contributed by atoms with Crippen molar-refractivity contribution in [3.05, 3.63) is 0 Å². The summed E-state index contributed by atoms with van der Waals surface area (Å²) in [6.07, 6.45) is 1.22. The van der Waals surface area contributed by atoms with Crippen molar-refractivity contribution >= 4 is 17.2 Å². The Morgan fingerprint density at radius 1 is 1.50 bits per heavy atom. The lowest BCUT2D eigenvalue weighted by Crippen LogP contribution is -2.33. The molecule has 0 spiro atoms. The molecule has 0 aromatic heterocycles. The highest BCUT2D eigenvalue weighted by Crippen LogP contribution is 2.01. The van der Waals surface area contributed by atoms with Gasteiger partial charge in [-0.2, -0.15) is 0 Å². The van der Waals surface area contributed by atoms with E-state index in [0.29, 0.717) is 4.99 Å². The number of hydrogen-bond acceptors (Lipinski definition) is 2. The van der Waals surface area contributed by atoms with E-state index in [4.69, 9.17) is 18.0 Å². The van der Waals surface area contributed by atoms with Gasteiger partial charge in [0.15, 0.2) is 0 Å². The first-order valence-corrected chi connectivity index (χ1v) is 4.97. The Balaban J connectivity index is 3.60. The number of thiocarbonyl (C=S) groups is 1. The maximum atomic E-state index is 5.47. The van der Waals surface area contributed by atoms with E-state index in [-0.39, 0.29) is 0 Å². The Morgan fingerprint density at radius 3 is 2.42 bits per heavy atom. The maximum Gasteiger partial charge on any atom is 0.0870 e. The second-order valence-electron chi connectivity index (χ2n) is 3.52. The van der Waals surface area contributed by atoms with Gasteiger partial charge < -0.3 is 5.73 Å². The topological polar surface area (TPSA) is 29.3 Å². The lowest BCUT2D eigenvalue weighted by Gasteiger charge is -2.20. The molecule has 72 valence electrons. The van der Waals surface area contributed by atoms with E-state index in [2.05, 4.69) is 25.7 Å². The predicted octanol–water partition coefficient (Wildman–Crippen LogP) is 1.64. The van der Waals surface area contributed by atoms with Crippen LogP contribution < -0.4 is 5.73 Å². The fourth-order valence-corrected chi connectivity index (χ4v) is 1.19. The normalized spacial score (nSPS) is 11.1. The fourth-order valence-electron chi connectivity index (χ4n) is 1.01. The summed E-state index contributed by atoms with van der Waals surface area (Å²) in [6, 6.07) is 0. The second kappa shape index (κ2) is 6.38. The van der Waals surface area contributed by atoms with Crippen molar-refractivity contribution in [3.8, 4) is 0 Å². The van der Waals surface area contributed by atoms with Gasteiger partial charge in [-0.3, -0.25) is 4.90 Å². The zero-order valence-corrected chi connectivity index (χ0v) is 9.16. The molecule has 0 aliphatic carbocycles. The maximum absolute atomic E-state index is 5.47. The van der Waals surface area contributed by atoms with Crippen LogP contribution in [0.2, 0.25) is 0 Å². The van der Waals surface area contributed by atoms with Gasteiger partial charge >= 0.3 is 0 Å². The summed E-state index contributed by atoms with van der Waals surface area (Å²) in [5, 5.41) is 0. The molecule has 0 aliphatic rings. The number of nitrogens with zero attached hydrogens (tertiary/aromatic N) is 1. The van der Waals surface area contributed by atoms with Crippen molar-refractivity contribution in [3.63, 3.8) is 0 Å². The van der Waals surface area contributed by atoms with Crippen molar-refractivity contribution in [2.75, 3.05) is 19.6 Å². The quantitative estimate of drug-likeness (QED) is 0.643. The molecule has 0 unspecified atom stereocenters. The van der Waals surface area contributed by atoms with Gasteiger partial charge in [-0.25, -0.2) is 0 Å². The lowest BCUT2D eigenvalue weighted by atomic mass is 10.1. The standard InChI is InChI=1S/C9H20N2S/c1-4-11(7-9(10)12)6-5-8(2)3/h8H,4-7H2,1-3H3,(H2,10,12). The third-order valence-corrected chi connectivity index (χ3v) is 1.98. The van der Waals surface area contributed by atoms with Crippen LogP contribution in [0.3, 0.4) is 0 Å². The Morgan fingerprint density at radius 2 is 2.08 bits per heavy atom. The minimum absolute atomic E-state index is 0.598. The largest absolute Gasteiger partial charge is 0.392 e. The molecular weight excluding hydrogens is 168 g/mol. The third-order valence-electron chi connectivity index (χ3n) is 1.85. The molecular formula is C9H20N2S. The molecule has 0 saturated carbocycles. The SMILES string of the molecule is CCN(CCC(C)C)CC(N)=S. The molecule has 0 bridgehead atoms. The van der Waals surface area contributed by atoms with Crippen LogP contribution in [0.5, 0.6) is 0 Å². The van der Waals surface area contributed by atoms with Gasteiger partial charge in [0.1, 0.15) is 0 Å². The Labute approximate surface area is 81.1 Å². The lowest BCUT2D eigenvalue weighted by molar-refractivity contribution is 0.305. The van der Waals surface area contributed by atoms with Crippen molar-refractivity contribution in [1.82, 2.24) is 4.90 Å². The van der Waals surface area contributed by atoms with E-state index in [1.165, 1.54) is 6.42 Å². The fraction of sp³-hybridized carbons (Fsp3) is 0.889. The van der Waals surface area contributed by atoms with Gasteiger partial charge in [0, 0.05) is 6.54 Å². The molecule has 0 saturated heterocycles. The van der Waals surface area contributed by atoms with Crippen LogP contribution in [-0.2, 0) is 0 Å². The zero-order valence-electron chi connectivity index (χ0n) is 8.34. The van der Waals surface area contributed by atoms with E-state index in [1.807, 2.05) is 0 Å². The summed E-state index contributed by atoms with van der Waals surface area (Å²) in [7, 11) is 0. The molecule has 0 amide bonds. The van der Waals surface area contributed by atoms with Gasteiger partial charge in [-0.1, -0.05) is 33.0 Å². The zero-order chi connectivity index (χ0) is 9.56. The number of nitrogens with two attached hydrogens (primary N) is 1. The summed E-state index contributed by atoms with van der Waals surface area (Å²) in [5.41, 5.74) is 5.47. The highest BCUT2D eigenvalue weighted by atomic mass is 32.1. The molecule has 0 aromatic rings. The van der Waals surface area contributed by atoms with Gasteiger partial charge in [0.2, 0.25) is 0 Å². The highest BCUT2D eigenvalue weighted by Gasteiger charge is 2.04. The van der Waals surface area contributed by atoms with E-state index in [1.54, 1.807) is 0 Å². The molecule has 0 aromatic carbocycles. The van der Waals surface area contributed by atoms with Crippen molar-refractivity contribution in [2.45, 2.75) is 27.2 Å². The minimum Gasteiger partial charge on any atom is -0.392 e. The van der Waals surface area contributed by atoms with Gasteiger partial charge in [-0.15, -0.1) is 0 Å². The molecule has 12 heavy (non-hydrogen) atoms. The van der Waals surface area contributed by atoms with E-state index >= 15 is 0 Å². The first-order valence-electron chi connectivity index (χ1n) is 4.57. The molecule has 0 atom stereocenters. The van der Waals surface area contributed by atoms with Crippen LogP contribution in [0.4, 0.5) is 0 Å². The van der Waals surface area contributed by atoms with Crippen LogP contribution in [0.1, 0.15) is 27.2 Å². The first-order chi connectivity index (χ1) is 5.56. The van der Waals surface area contributed by atoms with Crippen LogP contribution in [0.25, 0.3) is 0 Å². The molecule has 0 radical (unpaired) electrons. The second-order valence-corrected chi connectivity index (χ2v) is 4.04. The van der Waals surface area contributed by atoms with Crippen molar-refractivity contribution in [1.29, 1.82) is 0 Å². The Bertz CT molecular complexity index is 134. The van der Waals surface area contributed by atoms with Crippen LogP contribution in [0, 0.1) is 5.92 Å². The van der Waals surface area contributed by atoms with Gasteiger partial charge in [0.25, 0.3) is 0 Å². The van der Waals surface area contributed by atoms with Crippen molar-refractivity contribution < 1.29 is 0 Å². The monoisotopic (exact) mass is 188 g/mol. The van der Waals surface area contributed by atoms with Crippen LogP contribution in [0.15, 0.2) is 0 Å². The molecule has 0 fully saturated rings. The third kappa shape index (κ3) is 6.55. The van der Waals surface area contributed by atoms with Crippen LogP contribution >= 0.6 is 12.2 Å². The smallest absolute Gasteiger partial charge is 0.0870 e. The average Bonchev–Trinajstić information content (AvgIpc) is 1.97. The summed E-state index contributed by atoms with van der Waals surface area (Å²) in [5.74, 6) is 0.755. The van der Waals surface area contributed by atoms with Gasteiger partial charge in [0.05, 0.1) is 4.99 Å². The molecule has 0 heterocycles. The molecule has 2 nitrogen and oxygen atoms in total. The summed E-state index contributed by atoms with van der Waals surface area (Å²) < 4.78 is 0. The van der Waals surface area contributed by atoms with E-state index < -0.39 is 0 Å². The summed E-state index contributed by atoms with van der Waals surface area (Å²) in [6.45, 7) is 9.50. The molecule has 0 rings (SSSR count). The molecule has 0 aliphatic heterocycles.